The van der Waals surface area contributed by atoms with Crippen molar-refractivity contribution in [3.63, 3.8) is 0 Å². The number of ketones is 1. The number of carbonyl (C=O) groups excluding carboxylic acids is 1. The summed E-state index contributed by atoms with van der Waals surface area (Å²) in [5.74, 6) is -0.0147. The van der Waals surface area contributed by atoms with Crippen LogP contribution in [0.2, 0.25) is 0 Å². The lowest BCUT2D eigenvalue weighted by molar-refractivity contribution is -0.00290. The van der Waals surface area contributed by atoms with Gasteiger partial charge in [0.2, 0.25) is 0 Å². The minimum Gasteiger partial charge on any atom is -0.365 e. The number of rotatable bonds is 10. The van der Waals surface area contributed by atoms with Crippen LogP contribution in [0, 0.1) is 0 Å². The third kappa shape index (κ3) is 4.86. The molecule has 0 saturated carbocycles. The summed E-state index contributed by atoms with van der Waals surface area (Å²) in [5.41, 5.74) is 0.413. The molecule has 0 spiro atoms. The Bertz CT molecular complexity index is 1340. The van der Waals surface area contributed by atoms with E-state index in [1.165, 1.54) is 15.9 Å². The second-order valence-electron chi connectivity index (χ2n) is 9.38. The molecule has 38 heavy (non-hydrogen) atoms. The SMILES string of the molecule is COC(CC[P+](c1ccccc1)(c1ccccc1)c1ccccc1)(C(=O)c1ccccc1)c1ccccc1. The van der Waals surface area contributed by atoms with Crippen LogP contribution in [0.15, 0.2) is 152 Å². The fraction of sp³-hybridized carbons (Fsp3) is 0.114. The van der Waals surface area contributed by atoms with Gasteiger partial charge in [-0.3, -0.25) is 4.79 Å². The highest BCUT2D eigenvalue weighted by Crippen LogP contribution is 2.57. The second-order valence-corrected chi connectivity index (χ2v) is 13.0. The van der Waals surface area contributed by atoms with Crippen molar-refractivity contribution < 1.29 is 9.53 Å². The quantitative estimate of drug-likeness (QED) is 0.151. The maximum Gasteiger partial charge on any atom is 0.199 e. The van der Waals surface area contributed by atoms with Gasteiger partial charge in [0.25, 0.3) is 0 Å². The van der Waals surface area contributed by atoms with E-state index in [9.17, 15) is 4.79 Å². The Kier molecular flexibility index (Phi) is 7.94. The standard InChI is InChI=1S/C35H32O2P/c1-37-35(30-19-9-3-10-20-30,34(36)29-17-7-2-8-18-29)27-28-38(31-21-11-4-12-22-31,32-23-13-5-14-24-32)33-25-15-6-16-26-33/h2-26H,27-28H2,1H3/q+1. The van der Waals surface area contributed by atoms with Gasteiger partial charge in [0.05, 0.1) is 6.16 Å². The molecule has 5 aromatic carbocycles. The van der Waals surface area contributed by atoms with Gasteiger partial charge >= 0.3 is 0 Å². The summed E-state index contributed by atoms with van der Waals surface area (Å²) >= 11 is 0. The lowest BCUT2D eigenvalue weighted by atomic mass is 9.83. The van der Waals surface area contributed by atoms with E-state index in [1.807, 2.05) is 60.7 Å². The first-order valence-electron chi connectivity index (χ1n) is 13.0. The van der Waals surface area contributed by atoms with Crippen molar-refractivity contribution in [2.75, 3.05) is 13.3 Å². The predicted molar refractivity (Wildman–Crippen MR) is 161 cm³/mol. The van der Waals surface area contributed by atoms with E-state index in [0.717, 1.165) is 11.7 Å². The Balaban J connectivity index is 1.70. The molecular weight excluding hydrogens is 483 g/mol. The summed E-state index contributed by atoms with van der Waals surface area (Å²) in [6.45, 7) is 0. The van der Waals surface area contributed by atoms with E-state index in [1.54, 1.807) is 7.11 Å². The zero-order chi connectivity index (χ0) is 26.3. The zero-order valence-electron chi connectivity index (χ0n) is 21.6. The number of hydrogen-bond donors (Lipinski definition) is 0. The minimum absolute atomic E-state index is 0.0147. The molecule has 0 radical (unpaired) electrons. The topological polar surface area (TPSA) is 26.3 Å². The van der Waals surface area contributed by atoms with Crippen molar-refractivity contribution in [1.29, 1.82) is 0 Å². The Labute approximate surface area is 226 Å². The van der Waals surface area contributed by atoms with Crippen LogP contribution < -0.4 is 15.9 Å². The average Bonchev–Trinajstić information content (AvgIpc) is 3.02. The normalized spacial score (nSPS) is 13.0. The van der Waals surface area contributed by atoms with E-state index < -0.39 is 12.9 Å². The highest BCUT2D eigenvalue weighted by Gasteiger charge is 2.50. The Morgan fingerprint density at radius 3 is 1.34 bits per heavy atom. The first-order valence-corrected chi connectivity index (χ1v) is 14.9. The van der Waals surface area contributed by atoms with Gasteiger partial charge in [0.15, 0.2) is 11.4 Å². The molecule has 5 aromatic rings. The molecule has 0 fully saturated rings. The van der Waals surface area contributed by atoms with E-state index in [-0.39, 0.29) is 5.78 Å². The van der Waals surface area contributed by atoms with E-state index in [2.05, 4.69) is 91.0 Å². The number of ether oxygens (including phenoxy) is 1. The molecule has 0 heterocycles. The number of methoxy groups -OCH3 is 1. The van der Waals surface area contributed by atoms with Crippen LogP contribution in [0.4, 0.5) is 0 Å². The monoisotopic (exact) mass is 515 g/mol. The molecule has 5 rings (SSSR count). The van der Waals surface area contributed by atoms with Gasteiger partial charge in [-0.1, -0.05) is 115 Å². The summed E-state index contributed by atoms with van der Waals surface area (Å²) < 4.78 is 6.31. The number of hydrogen-bond acceptors (Lipinski definition) is 2. The Morgan fingerprint density at radius 1 is 0.579 bits per heavy atom. The second kappa shape index (κ2) is 11.7. The summed E-state index contributed by atoms with van der Waals surface area (Å²) in [6, 6.07) is 51.8. The molecule has 0 aliphatic carbocycles. The molecule has 0 bridgehead atoms. The average molecular weight is 516 g/mol. The molecule has 0 aliphatic rings. The third-order valence-corrected chi connectivity index (χ3v) is 11.8. The van der Waals surface area contributed by atoms with E-state index >= 15 is 0 Å². The molecule has 2 nitrogen and oxygen atoms in total. The fourth-order valence-electron chi connectivity index (χ4n) is 5.44. The lowest BCUT2D eigenvalue weighted by Gasteiger charge is -2.35. The number of carbonyl (C=O) groups is 1. The molecule has 3 heteroatoms. The van der Waals surface area contributed by atoms with Crippen molar-refractivity contribution in [3.8, 4) is 0 Å². The van der Waals surface area contributed by atoms with E-state index in [0.29, 0.717) is 12.0 Å². The van der Waals surface area contributed by atoms with Crippen molar-refractivity contribution >= 4 is 29.0 Å². The zero-order valence-corrected chi connectivity index (χ0v) is 22.5. The maximum atomic E-state index is 14.3. The summed E-state index contributed by atoms with van der Waals surface area (Å²) in [4.78, 5) is 14.3. The summed E-state index contributed by atoms with van der Waals surface area (Å²) in [7, 11) is -0.479. The van der Waals surface area contributed by atoms with Crippen molar-refractivity contribution in [1.82, 2.24) is 0 Å². The number of benzene rings is 5. The van der Waals surface area contributed by atoms with Crippen LogP contribution in [-0.2, 0) is 10.3 Å². The maximum absolute atomic E-state index is 14.3. The molecule has 1 unspecified atom stereocenters. The highest BCUT2D eigenvalue weighted by molar-refractivity contribution is 7.95. The molecule has 1 atom stereocenters. The Morgan fingerprint density at radius 2 is 0.947 bits per heavy atom. The molecule has 0 amide bonds. The van der Waals surface area contributed by atoms with Crippen LogP contribution in [0.5, 0.6) is 0 Å². The first kappa shape index (κ1) is 25.8. The number of Topliss-reactive ketones (excluding diaryl/α,β-unsaturated/α-hetero) is 1. The van der Waals surface area contributed by atoms with Gasteiger partial charge in [-0.15, -0.1) is 0 Å². The third-order valence-electron chi connectivity index (χ3n) is 7.38. The van der Waals surface area contributed by atoms with Gasteiger partial charge in [-0.25, -0.2) is 0 Å². The Hall–Kier alpha value is -3.84. The van der Waals surface area contributed by atoms with Crippen LogP contribution in [0.1, 0.15) is 22.3 Å². The summed E-state index contributed by atoms with van der Waals surface area (Å²) in [6.07, 6.45) is 1.31. The van der Waals surface area contributed by atoms with E-state index in [4.69, 9.17) is 4.74 Å². The van der Waals surface area contributed by atoms with Gasteiger partial charge in [0, 0.05) is 19.1 Å². The van der Waals surface area contributed by atoms with Gasteiger partial charge in [-0.2, -0.15) is 0 Å². The van der Waals surface area contributed by atoms with Crippen LogP contribution in [-0.4, -0.2) is 19.1 Å². The van der Waals surface area contributed by atoms with Gasteiger partial charge in [-0.05, 0) is 42.0 Å². The van der Waals surface area contributed by atoms with Crippen molar-refractivity contribution in [3.05, 3.63) is 163 Å². The minimum atomic E-state index is -2.15. The molecular formula is C35H32O2P+. The fourth-order valence-corrected chi connectivity index (χ4v) is 9.80. The van der Waals surface area contributed by atoms with Crippen LogP contribution >= 0.6 is 7.26 Å². The van der Waals surface area contributed by atoms with Crippen molar-refractivity contribution in [2.24, 2.45) is 0 Å². The van der Waals surface area contributed by atoms with Crippen LogP contribution in [0.25, 0.3) is 0 Å². The molecule has 188 valence electrons. The predicted octanol–water partition coefficient (Wildman–Crippen LogP) is 6.80. The highest BCUT2D eigenvalue weighted by atomic mass is 31.2. The first-order chi connectivity index (χ1) is 18.7. The molecule has 0 saturated heterocycles. The van der Waals surface area contributed by atoms with Crippen molar-refractivity contribution in [2.45, 2.75) is 12.0 Å². The van der Waals surface area contributed by atoms with Gasteiger partial charge in [0.1, 0.15) is 23.2 Å². The van der Waals surface area contributed by atoms with Crippen LogP contribution in [0.3, 0.4) is 0 Å². The molecule has 0 aromatic heterocycles. The summed E-state index contributed by atoms with van der Waals surface area (Å²) in [5, 5.41) is 3.88. The smallest absolute Gasteiger partial charge is 0.199 e. The van der Waals surface area contributed by atoms with Gasteiger partial charge < -0.3 is 4.74 Å². The molecule has 0 aliphatic heterocycles. The lowest BCUT2D eigenvalue weighted by Crippen LogP contribution is -2.42. The molecule has 0 N–H and O–H groups in total. The largest absolute Gasteiger partial charge is 0.365 e.